The van der Waals surface area contributed by atoms with Crippen molar-refractivity contribution in [3.8, 4) is 11.4 Å². The molecule has 0 atom stereocenters. The quantitative estimate of drug-likeness (QED) is 0.625. The molecule has 1 fully saturated rings. The maximum absolute atomic E-state index is 12.7. The van der Waals surface area contributed by atoms with Crippen molar-refractivity contribution in [2.75, 3.05) is 13.1 Å². The van der Waals surface area contributed by atoms with E-state index in [9.17, 15) is 4.79 Å². The van der Waals surface area contributed by atoms with Crippen LogP contribution in [0, 0.1) is 0 Å². The molecule has 1 saturated heterocycles. The second-order valence-corrected chi connectivity index (χ2v) is 7.52. The molecule has 28 heavy (non-hydrogen) atoms. The number of carbonyl (C=O) groups is 1. The molecule has 0 spiro atoms. The summed E-state index contributed by atoms with van der Waals surface area (Å²) in [5.74, 6) is 1.44. The predicted molar refractivity (Wildman–Crippen MR) is 108 cm³/mol. The average molecular weight is 396 g/mol. The number of aryl methyl sites for hydroxylation is 1. The van der Waals surface area contributed by atoms with Crippen molar-refractivity contribution in [1.29, 1.82) is 0 Å². The highest BCUT2D eigenvalue weighted by molar-refractivity contribution is 6.30. The zero-order valence-corrected chi connectivity index (χ0v) is 16.5. The molecule has 1 aliphatic rings. The van der Waals surface area contributed by atoms with E-state index < -0.39 is 0 Å². The standard InChI is InChI=1S/C22H22ClN3O2/c1-2-15-6-8-17(9-7-15)22(27)26-12-10-16(11-13-26)21-24-20(25-28-21)18-4-3-5-19(23)14-18/h3-9,14,16H,2,10-13H2,1H3. The third kappa shape index (κ3) is 3.94. The summed E-state index contributed by atoms with van der Waals surface area (Å²) in [7, 11) is 0. The molecule has 0 radical (unpaired) electrons. The second kappa shape index (κ2) is 8.15. The van der Waals surface area contributed by atoms with E-state index >= 15 is 0 Å². The molecule has 1 aromatic heterocycles. The third-order valence-electron chi connectivity index (χ3n) is 5.27. The number of benzene rings is 2. The lowest BCUT2D eigenvalue weighted by molar-refractivity contribution is 0.0704. The molecular weight excluding hydrogens is 374 g/mol. The van der Waals surface area contributed by atoms with Gasteiger partial charge in [-0.1, -0.05) is 47.9 Å². The second-order valence-electron chi connectivity index (χ2n) is 7.08. The lowest BCUT2D eigenvalue weighted by Crippen LogP contribution is -2.38. The Morgan fingerprint density at radius 1 is 1.18 bits per heavy atom. The van der Waals surface area contributed by atoms with E-state index in [1.165, 1.54) is 5.56 Å². The smallest absolute Gasteiger partial charge is 0.253 e. The normalized spacial score (nSPS) is 15.0. The summed E-state index contributed by atoms with van der Waals surface area (Å²) in [4.78, 5) is 19.2. The van der Waals surface area contributed by atoms with Crippen molar-refractivity contribution in [3.05, 3.63) is 70.6 Å². The summed E-state index contributed by atoms with van der Waals surface area (Å²) < 4.78 is 5.50. The number of halogens is 1. The van der Waals surface area contributed by atoms with Crippen LogP contribution in [-0.2, 0) is 6.42 Å². The Morgan fingerprint density at radius 3 is 2.61 bits per heavy atom. The lowest BCUT2D eigenvalue weighted by atomic mass is 9.96. The van der Waals surface area contributed by atoms with Gasteiger partial charge < -0.3 is 9.42 Å². The number of nitrogens with zero attached hydrogens (tertiary/aromatic N) is 3. The molecule has 2 heterocycles. The first-order valence-electron chi connectivity index (χ1n) is 9.62. The van der Waals surface area contributed by atoms with Crippen LogP contribution in [0.5, 0.6) is 0 Å². The van der Waals surface area contributed by atoms with Crippen LogP contribution >= 0.6 is 11.6 Å². The molecule has 144 valence electrons. The summed E-state index contributed by atoms with van der Waals surface area (Å²) in [6, 6.07) is 15.3. The zero-order valence-electron chi connectivity index (χ0n) is 15.8. The molecular formula is C22H22ClN3O2. The third-order valence-corrected chi connectivity index (χ3v) is 5.50. The van der Waals surface area contributed by atoms with Gasteiger partial charge in [-0.15, -0.1) is 0 Å². The molecule has 6 heteroatoms. The number of amides is 1. The van der Waals surface area contributed by atoms with Gasteiger partial charge in [0, 0.05) is 35.2 Å². The minimum absolute atomic E-state index is 0.0891. The van der Waals surface area contributed by atoms with Crippen LogP contribution < -0.4 is 0 Å². The molecule has 0 bridgehead atoms. The fourth-order valence-electron chi connectivity index (χ4n) is 3.54. The minimum atomic E-state index is 0.0891. The summed E-state index contributed by atoms with van der Waals surface area (Å²) in [6.45, 7) is 3.48. The Labute approximate surface area is 169 Å². The fraction of sp³-hybridized carbons (Fsp3) is 0.318. The van der Waals surface area contributed by atoms with Crippen molar-refractivity contribution in [2.24, 2.45) is 0 Å². The molecule has 3 aromatic rings. The van der Waals surface area contributed by atoms with Crippen LogP contribution in [0.4, 0.5) is 0 Å². The van der Waals surface area contributed by atoms with Crippen LogP contribution in [0.3, 0.4) is 0 Å². The van der Waals surface area contributed by atoms with Gasteiger partial charge in [-0.3, -0.25) is 4.79 Å². The predicted octanol–water partition coefficient (Wildman–Crippen LogP) is 4.97. The van der Waals surface area contributed by atoms with Gasteiger partial charge in [0.15, 0.2) is 0 Å². The molecule has 1 amide bonds. The minimum Gasteiger partial charge on any atom is -0.339 e. The maximum Gasteiger partial charge on any atom is 0.253 e. The molecule has 5 nitrogen and oxygen atoms in total. The maximum atomic E-state index is 12.7. The Hall–Kier alpha value is -2.66. The molecule has 0 N–H and O–H groups in total. The average Bonchev–Trinajstić information content (AvgIpc) is 3.24. The molecule has 0 saturated carbocycles. The number of hydrogen-bond donors (Lipinski definition) is 0. The zero-order chi connectivity index (χ0) is 19.5. The molecule has 4 rings (SSSR count). The summed E-state index contributed by atoms with van der Waals surface area (Å²) in [5, 5.41) is 4.74. The van der Waals surface area contributed by atoms with E-state index in [1.807, 2.05) is 53.4 Å². The van der Waals surface area contributed by atoms with Crippen molar-refractivity contribution in [3.63, 3.8) is 0 Å². The first kappa shape index (κ1) is 18.7. The van der Waals surface area contributed by atoms with E-state index in [4.69, 9.17) is 16.1 Å². The van der Waals surface area contributed by atoms with E-state index in [2.05, 4.69) is 17.1 Å². The van der Waals surface area contributed by atoms with Crippen LogP contribution in [0.25, 0.3) is 11.4 Å². The highest BCUT2D eigenvalue weighted by Crippen LogP contribution is 2.29. The SMILES string of the molecule is CCc1ccc(C(=O)N2CCC(c3nc(-c4cccc(Cl)c4)no3)CC2)cc1. The highest BCUT2D eigenvalue weighted by atomic mass is 35.5. The van der Waals surface area contributed by atoms with Crippen molar-refractivity contribution in [1.82, 2.24) is 15.0 Å². The van der Waals surface area contributed by atoms with Gasteiger partial charge in [0.2, 0.25) is 11.7 Å². The fourth-order valence-corrected chi connectivity index (χ4v) is 3.73. The molecule has 2 aromatic carbocycles. The van der Waals surface area contributed by atoms with Crippen LogP contribution in [-0.4, -0.2) is 34.0 Å². The van der Waals surface area contributed by atoms with Crippen LogP contribution in [0.2, 0.25) is 5.02 Å². The summed E-state index contributed by atoms with van der Waals surface area (Å²) in [6.07, 6.45) is 2.60. The molecule has 0 aliphatic carbocycles. The van der Waals surface area contributed by atoms with Gasteiger partial charge in [0.05, 0.1) is 0 Å². The molecule has 0 unspecified atom stereocenters. The van der Waals surface area contributed by atoms with Crippen LogP contribution in [0.1, 0.15) is 47.5 Å². The van der Waals surface area contributed by atoms with Crippen molar-refractivity contribution < 1.29 is 9.32 Å². The number of likely N-dealkylation sites (tertiary alicyclic amines) is 1. The first-order chi connectivity index (χ1) is 13.6. The van der Waals surface area contributed by atoms with Crippen LogP contribution in [0.15, 0.2) is 53.1 Å². The van der Waals surface area contributed by atoms with Gasteiger partial charge in [0.25, 0.3) is 5.91 Å². The van der Waals surface area contributed by atoms with E-state index in [0.29, 0.717) is 29.8 Å². The summed E-state index contributed by atoms with van der Waals surface area (Å²) >= 11 is 6.04. The van der Waals surface area contributed by atoms with Gasteiger partial charge in [-0.05, 0) is 49.1 Å². The number of rotatable bonds is 4. The van der Waals surface area contributed by atoms with Gasteiger partial charge >= 0.3 is 0 Å². The number of carbonyl (C=O) groups excluding carboxylic acids is 1. The Bertz CT molecular complexity index is 960. The lowest BCUT2D eigenvalue weighted by Gasteiger charge is -2.30. The van der Waals surface area contributed by atoms with E-state index in [1.54, 1.807) is 0 Å². The van der Waals surface area contributed by atoms with Gasteiger partial charge in [-0.2, -0.15) is 4.98 Å². The van der Waals surface area contributed by atoms with Crippen molar-refractivity contribution >= 4 is 17.5 Å². The first-order valence-corrected chi connectivity index (χ1v) is 9.99. The Balaban J connectivity index is 1.39. The number of aromatic nitrogens is 2. The Kier molecular flexibility index (Phi) is 5.44. The van der Waals surface area contributed by atoms with E-state index in [-0.39, 0.29) is 11.8 Å². The highest BCUT2D eigenvalue weighted by Gasteiger charge is 2.28. The summed E-state index contributed by atoms with van der Waals surface area (Å²) in [5.41, 5.74) is 2.82. The van der Waals surface area contributed by atoms with Gasteiger partial charge in [0.1, 0.15) is 0 Å². The monoisotopic (exact) mass is 395 g/mol. The number of piperidine rings is 1. The Morgan fingerprint density at radius 2 is 1.93 bits per heavy atom. The number of hydrogen-bond acceptors (Lipinski definition) is 4. The molecule has 1 aliphatic heterocycles. The van der Waals surface area contributed by atoms with E-state index in [0.717, 1.165) is 30.4 Å². The topological polar surface area (TPSA) is 59.2 Å². The van der Waals surface area contributed by atoms with Crippen molar-refractivity contribution in [2.45, 2.75) is 32.1 Å². The van der Waals surface area contributed by atoms with Gasteiger partial charge in [-0.25, -0.2) is 0 Å². The largest absolute Gasteiger partial charge is 0.339 e.